The fourth-order valence-corrected chi connectivity index (χ4v) is 11.7. The van der Waals surface area contributed by atoms with Crippen LogP contribution >= 0.6 is 11.3 Å². The van der Waals surface area contributed by atoms with E-state index in [4.69, 9.17) is 15.0 Å². The minimum Gasteiger partial charge on any atom is -0.308 e. The molecule has 14 rings (SSSR count). The Bertz CT molecular complexity index is 4110. The second-order valence-electron chi connectivity index (χ2n) is 17.5. The van der Waals surface area contributed by atoms with E-state index in [1.54, 1.807) is 0 Å². The molecule has 0 radical (unpaired) electrons. The molecule has 5 nitrogen and oxygen atoms in total. The predicted molar refractivity (Wildman–Crippen MR) is 289 cm³/mol. The van der Waals surface area contributed by atoms with E-state index in [0.29, 0.717) is 17.5 Å². The summed E-state index contributed by atoms with van der Waals surface area (Å²) in [5, 5.41) is 7.29. The van der Waals surface area contributed by atoms with Crippen LogP contribution in [0.5, 0.6) is 0 Å². The molecule has 0 saturated carbocycles. The predicted octanol–water partition coefficient (Wildman–Crippen LogP) is 16.8. The Kier molecular flexibility index (Phi) is 9.00. The first-order valence-electron chi connectivity index (χ1n) is 23.3. The van der Waals surface area contributed by atoms with Crippen LogP contribution in [0, 0.1) is 0 Å². The first kappa shape index (κ1) is 39.2. The number of fused-ring (bicyclic) bond motifs is 10. The van der Waals surface area contributed by atoms with E-state index in [9.17, 15) is 0 Å². The molecule has 69 heavy (non-hydrogen) atoms. The normalized spacial score (nSPS) is 11.8. The molecule has 0 aliphatic rings. The Hall–Kier alpha value is -8.97. The van der Waals surface area contributed by atoms with Crippen molar-refractivity contribution in [3.8, 4) is 67.8 Å². The summed E-state index contributed by atoms with van der Waals surface area (Å²) in [5.74, 6) is 1.84. The Morgan fingerprint density at radius 2 is 0.710 bits per heavy atom. The molecule has 6 heteroatoms. The van der Waals surface area contributed by atoms with E-state index in [0.717, 1.165) is 61.1 Å². The number of hydrogen-bond acceptors (Lipinski definition) is 4. The molecule has 0 fully saturated rings. The third kappa shape index (κ3) is 6.34. The van der Waals surface area contributed by atoms with Crippen molar-refractivity contribution < 1.29 is 0 Å². The van der Waals surface area contributed by atoms with Gasteiger partial charge in [-0.2, -0.15) is 0 Å². The quantitative estimate of drug-likeness (QED) is 0.160. The van der Waals surface area contributed by atoms with Crippen LogP contribution in [0.1, 0.15) is 0 Å². The second kappa shape index (κ2) is 15.8. The van der Waals surface area contributed by atoms with Gasteiger partial charge in [-0.3, -0.25) is 0 Å². The number of hydrogen-bond donors (Lipinski definition) is 0. The highest BCUT2D eigenvalue weighted by molar-refractivity contribution is 7.27. The van der Waals surface area contributed by atoms with E-state index < -0.39 is 0 Å². The first-order chi connectivity index (χ1) is 34.2. The van der Waals surface area contributed by atoms with Gasteiger partial charge in [-0.1, -0.05) is 200 Å². The van der Waals surface area contributed by atoms with Crippen molar-refractivity contribution in [3.05, 3.63) is 237 Å². The third-order valence-corrected chi connectivity index (χ3v) is 14.9. The van der Waals surface area contributed by atoms with Gasteiger partial charge in [0.05, 0.1) is 37.2 Å². The van der Waals surface area contributed by atoms with Gasteiger partial charge in [0.25, 0.3) is 0 Å². The van der Waals surface area contributed by atoms with Gasteiger partial charge in [-0.25, -0.2) is 15.0 Å². The van der Waals surface area contributed by atoms with Crippen molar-refractivity contribution in [3.63, 3.8) is 0 Å². The average molecular weight is 898 g/mol. The fourth-order valence-electron chi connectivity index (χ4n) is 10.4. The van der Waals surface area contributed by atoms with Gasteiger partial charge in [0, 0.05) is 54.7 Å². The minimum absolute atomic E-state index is 0.612. The lowest BCUT2D eigenvalue weighted by atomic mass is 10.0. The topological polar surface area (TPSA) is 48.5 Å². The van der Waals surface area contributed by atoms with Crippen LogP contribution in [0.3, 0.4) is 0 Å². The molecule has 0 saturated heterocycles. The minimum atomic E-state index is 0.612. The lowest BCUT2D eigenvalue weighted by Gasteiger charge is -2.13. The highest BCUT2D eigenvalue weighted by Gasteiger charge is 2.24. The van der Waals surface area contributed by atoms with Gasteiger partial charge >= 0.3 is 0 Å². The van der Waals surface area contributed by atoms with Crippen LogP contribution in [-0.4, -0.2) is 24.1 Å². The number of para-hydroxylation sites is 4. The van der Waals surface area contributed by atoms with Crippen molar-refractivity contribution in [1.82, 2.24) is 24.1 Å². The molecule has 0 unspecified atom stereocenters. The smallest absolute Gasteiger partial charge is 0.166 e. The largest absolute Gasteiger partial charge is 0.308 e. The van der Waals surface area contributed by atoms with E-state index in [-0.39, 0.29) is 0 Å². The summed E-state index contributed by atoms with van der Waals surface area (Å²) in [6.07, 6.45) is 0. The Morgan fingerprint density at radius 3 is 1.32 bits per heavy atom. The highest BCUT2D eigenvalue weighted by Crippen LogP contribution is 2.47. The van der Waals surface area contributed by atoms with Crippen LogP contribution in [0.2, 0.25) is 0 Å². The molecule has 322 valence electrons. The maximum Gasteiger partial charge on any atom is 0.166 e. The molecule has 0 aliphatic heterocycles. The monoisotopic (exact) mass is 897 g/mol. The molecule has 10 aromatic carbocycles. The molecular formula is C63H39N5S. The summed E-state index contributed by atoms with van der Waals surface area (Å²) < 4.78 is 7.38. The molecule has 0 bridgehead atoms. The van der Waals surface area contributed by atoms with Gasteiger partial charge in [0.15, 0.2) is 17.5 Å². The Labute approximate surface area is 401 Å². The van der Waals surface area contributed by atoms with E-state index in [1.165, 1.54) is 53.1 Å². The molecule has 4 aromatic heterocycles. The Morgan fingerprint density at radius 1 is 0.275 bits per heavy atom. The molecule has 4 heterocycles. The summed E-state index contributed by atoms with van der Waals surface area (Å²) in [6.45, 7) is 0. The van der Waals surface area contributed by atoms with Gasteiger partial charge in [-0.15, -0.1) is 11.3 Å². The van der Waals surface area contributed by atoms with Crippen molar-refractivity contribution in [2.45, 2.75) is 0 Å². The average Bonchev–Trinajstić information content (AvgIpc) is 4.10. The van der Waals surface area contributed by atoms with Crippen LogP contribution in [-0.2, 0) is 0 Å². The zero-order chi connectivity index (χ0) is 45.4. The zero-order valence-electron chi connectivity index (χ0n) is 37.2. The Balaban J connectivity index is 1.02. The van der Waals surface area contributed by atoms with E-state index >= 15 is 0 Å². The highest BCUT2D eigenvalue weighted by atomic mass is 32.1. The van der Waals surface area contributed by atoms with Crippen LogP contribution in [0.4, 0.5) is 0 Å². The summed E-state index contributed by atoms with van der Waals surface area (Å²) in [5.41, 5.74) is 14.2. The zero-order valence-corrected chi connectivity index (χ0v) is 38.0. The number of nitrogens with zero attached hydrogens (tertiary/aromatic N) is 5. The van der Waals surface area contributed by atoms with Crippen LogP contribution in [0.25, 0.3) is 132 Å². The summed E-state index contributed by atoms with van der Waals surface area (Å²) in [4.78, 5) is 16.0. The van der Waals surface area contributed by atoms with Crippen molar-refractivity contribution in [1.29, 1.82) is 0 Å². The van der Waals surface area contributed by atoms with Gasteiger partial charge < -0.3 is 9.13 Å². The number of rotatable bonds is 7. The fraction of sp³-hybridized carbons (Fsp3) is 0. The van der Waals surface area contributed by atoms with Crippen LogP contribution in [0.15, 0.2) is 237 Å². The lowest BCUT2D eigenvalue weighted by molar-refractivity contribution is 1.07. The lowest BCUT2D eigenvalue weighted by Crippen LogP contribution is -2.02. The van der Waals surface area contributed by atoms with Gasteiger partial charge in [-0.05, 0) is 58.7 Å². The standard InChI is InChI=1S/C63H39N5S/c1-4-16-40(17-5-1)42-30-34-44(35-31-42)61-64-62(45-36-32-43(33-37-45)41-18-6-2-7-19-41)66-63(65-61)53-26-14-24-49-50-38-39-52-51-25-15-29-56(68-54-27-12-10-22-47(54)48-23-11-13-28-55(48)68)59(51)69-60(52)58(50)67(57(49)53)46-20-8-3-9-21-46/h1-39H. The third-order valence-electron chi connectivity index (χ3n) is 13.6. The number of thiophene rings is 1. The van der Waals surface area contributed by atoms with Crippen molar-refractivity contribution >= 4 is 75.1 Å². The maximum absolute atomic E-state index is 5.37. The molecule has 0 spiro atoms. The van der Waals surface area contributed by atoms with Gasteiger partial charge in [0.1, 0.15) is 0 Å². The summed E-state index contributed by atoms with van der Waals surface area (Å²) in [7, 11) is 0. The van der Waals surface area contributed by atoms with E-state index in [2.05, 4.69) is 234 Å². The SMILES string of the molecule is c1ccc(-c2ccc(-c3nc(-c4ccc(-c5ccccc5)cc4)nc(-c4cccc5c6ccc7c8cccc(-n9c%10ccccc%10c%10ccccc%109)c8sc7c6n(-c6ccccc6)c45)n3)cc2)cc1. The number of benzene rings is 10. The first-order valence-corrected chi connectivity index (χ1v) is 24.1. The summed E-state index contributed by atoms with van der Waals surface area (Å²) in [6, 6.07) is 84.3. The van der Waals surface area contributed by atoms with Crippen molar-refractivity contribution in [2.75, 3.05) is 0 Å². The van der Waals surface area contributed by atoms with Gasteiger partial charge in [0.2, 0.25) is 0 Å². The van der Waals surface area contributed by atoms with E-state index in [1.807, 2.05) is 23.5 Å². The molecular weight excluding hydrogens is 859 g/mol. The van der Waals surface area contributed by atoms with Crippen LogP contribution < -0.4 is 0 Å². The molecule has 0 N–H and O–H groups in total. The maximum atomic E-state index is 5.37. The second-order valence-corrected chi connectivity index (χ2v) is 18.6. The summed E-state index contributed by atoms with van der Waals surface area (Å²) >= 11 is 1.87. The van der Waals surface area contributed by atoms with Crippen molar-refractivity contribution in [2.24, 2.45) is 0 Å². The molecule has 0 amide bonds. The number of aromatic nitrogens is 5. The molecule has 14 aromatic rings. The molecule has 0 atom stereocenters. The molecule has 0 aliphatic carbocycles.